The van der Waals surface area contributed by atoms with Crippen molar-refractivity contribution < 1.29 is 9.53 Å². The third kappa shape index (κ3) is 3.74. The Hall–Kier alpha value is -2.66. The van der Waals surface area contributed by atoms with Crippen molar-refractivity contribution in [3.8, 4) is 5.75 Å². The van der Waals surface area contributed by atoms with Crippen LogP contribution in [0.5, 0.6) is 5.75 Å². The first-order valence-corrected chi connectivity index (χ1v) is 9.66. The summed E-state index contributed by atoms with van der Waals surface area (Å²) in [5, 5.41) is 0. The second-order valence-electron chi connectivity index (χ2n) is 7.06. The maximum atomic E-state index is 13.4. The van der Waals surface area contributed by atoms with Crippen LogP contribution in [0, 0.1) is 0 Å². The molecule has 1 aliphatic heterocycles. The van der Waals surface area contributed by atoms with E-state index in [0.29, 0.717) is 5.82 Å². The van der Waals surface area contributed by atoms with Gasteiger partial charge in [0.25, 0.3) is 0 Å². The molecule has 1 saturated heterocycles. The molecule has 0 amide bonds. The summed E-state index contributed by atoms with van der Waals surface area (Å²) in [6, 6.07) is 17.2. The van der Waals surface area contributed by atoms with E-state index in [1.807, 2.05) is 61.5 Å². The van der Waals surface area contributed by atoms with Gasteiger partial charge in [0.15, 0.2) is 5.82 Å². The van der Waals surface area contributed by atoms with Crippen LogP contribution in [-0.4, -0.2) is 39.5 Å². The van der Waals surface area contributed by atoms with Gasteiger partial charge in [-0.1, -0.05) is 36.8 Å². The third-order valence-electron chi connectivity index (χ3n) is 5.26. The Morgan fingerprint density at radius 1 is 1.04 bits per heavy atom. The van der Waals surface area contributed by atoms with Crippen molar-refractivity contribution in [3.63, 3.8) is 0 Å². The number of hydrogen-bond donors (Lipinski definition) is 0. The number of benzene rings is 2. The number of piperidine rings is 1. The third-order valence-corrected chi connectivity index (χ3v) is 5.26. The Kier molecular flexibility index (Phi) is 5.21. The van der Waals surface area contributed by atoms with Crippen LogP contribution < -0.4 is 4.74 Å². The number of fused-ring (bicyclic) bond motifs is 1. The molecule has 1 unspecified atom stereocenters. The second kappa shape index (κ2) is 7.92. The van der Waals surface area contributed by atoms with E-state index >= 15 is 0 Å². The van der Waals surface area contributed by atoms with Crippen LogP contribution in [-0.2, 0) is 6.61 Å². The molecule has 3 aromatic rings. The van der Waals surface area contributed by atoms with Gasteiger partial charge in [-0.05, 0) is 57.1 Å². The zero-order chi connectivity index (χ0) is 18.6. The van der Waals surface area contributed by atoms with Gasteiger partial charge in [0, 0.05) is 0 Å². The number of ether oxygens (including phenoxy) is 1. The van der Waals surface area contributed by atoms with Crippen LogP contribution in [0.3, 0.4) is 0 Å². The molecule has 5 nitrogen and oxygen atoms in total. The number of nitrogens with zero attached hydrogens (tertiary/aromatic N) is 3. The van der Waals surface area contributed by atoms with E-state index in [-0.39, 0.29) is 18.6 Å². The molecule has 0 saturated carbocycles. The lowest BCUT2D eigenvalue weighted by atomic mass is 10.1. The number of para-hydroxylation sites is 3. The minimum atomic E-state index is -0.168. The molecule has 0 N–H and O–H groups in total. The number of likely N-dealkylation sites (tertiary alicyclic amines) is 1. The first-order valence-electron chi connectivity index (χ1n) is 9.66. The lowest BCUT2D eigenvalue weighted by Gasteiger charge is -2.31. The van der Waals surface area contributed by atoms with Crippen LogP contribution in [0.4, 0.5) is 0 Å². The van der Waals surface area contributed by atoms with E-state index < -0.39 is 0 Å². The van der Waals surface area contributed by atoms with Gasteiger partial charge in [0.05, 0.1) is 17.1 Å². The number of aromatic nitrogens is 2. The summed E-state index contributed by atoms with van der Waals surface area (Å²) in [6.07, 6.45) is 3.57. The molecular formula is C22H25N3O2. The molecule has 0 radical (unpaired) electrons. The predicted octanol–water partition coefficient (Wildman–Crippen LogP) is 4.13. The number of imidazole rings is 1. The van der Waals surface area contributed by atoms with Gasteiger partial charge in [-0.2, -0.15) is 0 Å². The summed E-state index contributed by atoms with van der Waals surface area (Å²) < 4.78 is 7.64. The van der Waals surface area contributed by atoms with Crippen LogP contribution in [0.15, 0.2) is 54.6 Å². The fourth-order valence-corrected chi connectivity index (χ4v) is 3.73. The minimum absolute atomic E-state index is 0.0669. The summed E-state index contributed by atoms with van der Waals surface area (Å²) in [4.78, 5) is 20.3. The summed E-state index contributed by atoms with van der Waals surface area (Å²) >= 11 is 0. The quantitative estimate of drug-likeness (QED) is 0.684. The van der Waals surface area contributed by atoms with Crippen molar-refractivity contribution in [3.05, 3.63) is 60.4 Å². The topological polar surface area (TPSA) is 47.4 Å². The van der Waals surface area contributed by atoms with Crippen LogP contribution in [0.1, 0.15) is 36.8 Å². The minimum Gasteiger partial charge on any atom is -0.486 e. The highest BCUT2D eigenvalue weighted by atomic mass is 16.5. The highest BCUT2D eigenvalue weighted by Gasteiger charge is 2.27. The van der Waals surface area contributed by atoms with Gasteiger partial charge < -0.3 is 4.74 Å². The first-order chi connectivity index (χ1) is 13.2. The van der Waals surface area contributed by atoms with Crippen LogP contribution >= 0.6 is 0 Å². The van der Waals surface area contributed by atoms with Gasteiger partial charge in [0.2, 0.25) is 5.91 Å². The van der Waals surface area contributed by atoms with Gasteiger partial charge in [0.1, 0.15) is 12.4 Å². The van der Waals surface area contributed by atoms with Crippen molar-refractivity contribution in [2.45, 2.75) is 38.8 Å². The van der Waals surface area contributed by atoms with Gasteiger partial charge in [-0.25, -0.2) is 4.98 Å². The molecule has 1 aromatic heterocycles. The second-order valence-corrected chi connectivity index (χ2v) is 7.06. The molecular weight excluding hydrogens is 338 g/mol. The zero-order valence-corrected chi connectivity index (χ0v) is 15.7. The zero-order valence-electron chi connectivity index (χ0n) is 15.7. The lowest BCUT2D eigenvalue weighted by molar-refractivity contribution is 0.0718. The average molecular weight is 363 g/mol. The van der Waals surface area contributed by atoms with E-state index in [2.05, 4.69) is 9.88 Å². The SMILES string of the molecule is CC(C(=O)n1c(COc2ccccc2)nc2ccccc21)N1CCCCC1. The lowest BCUT2D eigenvalue weighted by Crippen LogP contribution is -2.44. The number of rotatable bonds is 5. The summed E-state index contributed by atoms with van der Waals surface area (Å²) in [6.45, 7) is 4.23. The van der Waals surface area contributed by atoms with Gasteiger partial charge in [-0.3, -0.25) is 14.3 Å². The standard InChI is InChI=1S/C22H25N3O2/c1-17(24-14-8-3-9-15-24)22(26)25-20-13-7-6-12-19(20)23-21(25)16-27-18-10-4-2-5-11-18/h2,4-7,10-13,17H,3,8-9,14-16H2,1H3. The summed E-state index contributed by atoms with van der Waals surface area (Å²) in [7, 11) is 0. The Morgan fingerprint density at radius 2 is 1.74 bits per heavy atom. The monoisotopic (exact) mass is 363 g/mol. The van der Waals surface area contributed by atoms with E-state index in [1.165, 1.54) is 6.42 Å². The molecule has 1 aliphatic rings. The van der Waals surface area contributed by atoms with E-state index in [0.717, 1.165) is 42.7 Å². The fourth-order valence-electron chi connectivity index (χ4n) is 3.73. The predicted molar refractivity (Wildman–Crippen MR) is 106 cm³/mol. The first kappa shape index (κ1) is 17.7. The molecule has 0 spiro atoms. The molecule has 4 rings (SSSR count). The average Bonchev–Trinajstić information content (AvgIpc) is 3.11. The highest BCUT2D eigenvalue weighted by molar-refractivity contribution is 5.93. The summed E-state index contributed by atoms with van der Waals surface area (Å²) in [5.74, 6) is 1.49. The molecule has 2 aromatic carbocycles. The summed E-state index contributed by atoms with van der Waals surface area (Å²) in [5.41, 5.74) is 1.67. The number of carbonyl (C=O) groups excluding carboxylic acids is 1. The normalized spacial score (nSPS) is 16.3. The molecule has 140 valence electrons. The molecule has 2 heterocycles. The number of carbonyl (C=O) groups is 1. The Labute approximate surface area is 159 Å². The van der Waals surface area contributed by atoms with E-state index in [4.69, 9.17) is 4.74 Å². The van der Waals surface area contributed by atoms with E-state index in [9.17, 15) is 4.79 Å². The molecule has 5 heteroatoms. The Balaban J connectivity index is 1.64. The van der Waals surface area contributed by atoms with Crippen molar-refractivity contribution >= 4 is 16.9 Å². The Morgan fingerprint density at radius 3 is 2.52 bits per heavy atom. The number of hydrogen-bond acceptors (Lipinski definition) is 4. The maximum absolute atomic E-state index is 13.4. The van der Waals surface area contributed by atoms with Gasteiger partial charge >= 0.3 is 0 Å². The van der Waals surface area contributed by atoms with Crippen molar-refractivity contribution in [2.75, 3.05) is 13.1 Å². The molecule has 1 atom stereocenters. The van der Waals surface area contributed by atoms with Crippen LogP contribution in [0.25, 0.3) is 11.0 Å². The molecule has 27 heavy (non-hydrogen) atoms. The van der Waals surface area contributed by atoms with Gasteiger partial charge in [-0.15, -0.1) is 0 Å². The smallest absolute Gasteiger partial charge is 0.249 e. The molecule has 1 fully saturated rings. The van der Waals surface area contributed by atoms with Crippen molar-refractivity contribution in [1.82, 2.24) is 14.5 Å². The van der Waals surface area contributed by atoms with Crippen molar-refractivity contribution in [1.29, 1.82) is 0 Å². The van der Waals surface area contributed by atoms with Crippen molar-refractivity contribution in [2.24, 2.45) is 0 Å². The molecule has 0 aliphatic carbocycles. The molecule has 0 bridgehead atoms. The highest BCUT2D eigenvalue weighted by Crippen LogP contribution is 2.21. The maximum Gasteiger partial charge on any atom is 0.249 e. The fraction of sp³-hybridized carbons (Fsp3) is 0.364. The largest absolute Gasteiger partial charge is 0.486 e. The van der Waals surface area contributed by atoms with E-state index in [1.54, 1.807) is 4.57 Å². The Bertz CT molecular complexity index is 914. The van der Waals surface area contributed by atoms with Crippen LogP contribution in [0.2, 0.25) is 0 Å².